The van der Waals surface area contributed by atoms with Gasteiger partial charge in [0, 0.05) is 16.2 Å². The lowest BCUT2D eigenvalue weighted by Gasteiger charge is -2.14. The molecule has 21 heavy (non-hydrogen) atoms. The molecule has 5 heteroatoms. The van der Waals surface area contributed by atoms with E-state index in [1.807, 2.05) is 39.8 Å². The highest BCUT2D eigenvalue weighted by Crippen LogP contribution is 2.32. The molecule has 0 saturated carbocycles. The van der Waals surface area contributed by atoms with E-state index in [4.69, 9.17) is 15.9 Å². The van der Waals surface area contributed by atoms with Crippen LogP contribution in [0, 0.1) is 33.1 Å². The van der Waals surface area contributed by atoms with Crippen LogP contribution in [0.15, 0.2) is 22.7 Å². The molecule has 1 aromatic heterocycles. The Morgan fingerprint density at radius 1 is 1.14 bits per heavy atom. The number of amidine groups is 1. The fourth-order valence-electron chi connectivity index (χ4n) is 2.29. The van der Waals surface area contributed by atoms with Crippen LogP contribution in [0.5, 0.6) is 11.5 Å². The number of aryl methyl sites for hydroxylation is 4. The summed E-state index contributed by atoms with van der Waals surface area (Å²) in [7, 11) is 0. The average Bonchev–Trinajstić information content (AvgIpc) is 2.34. The van der Waals surface area contributed by atoms with Crippen LogP contribution < -0.4 is 10.5 Å². The van der Waals surface area contributed by atoms with E-state index in [0.717, 1.165) is 27.0 Å². The van der Waals surface area contributed by atoms with Crippen molar-refractivity contribution in [3.8, 4) is 11.5 Å². The van der Waals surface area contributed by atoms with Gasteiger partial charge < -0.3 is 10.5 Å². The summed E-state index contributed by atoms with van der Waals surface area (Å²) in [6.07, 6.45) is 0. The van der Waals surface area contributed by atoms with Crippen molar-refractivity contribution < 1.29 is 4.74 Å². The first-order valence-corrected chi connectivity index (χ1v) is 7.36. The van der Waals surface area contributed by atoms with Gasteiger partial charge >= 0.3 is 0 Å². The minimum absolute atomic E-state index is 0.0412. The highest BCUT2D eigenvalue weighted by Gasteiger charge is 2.14. The Labute approximate surface area is 133 Å². The van der Waals surface area contributed by atoms with Crippen molar-refractivity contribution in [2.45, 2.75) is 27.7 Å². The third-order valence-electron chi connectivity index (χ3n) is 3.20. The molecule has 4 nitrogen and oxygen atoms in total. The van der Waals surface area contributed by atoms with Crippen molar-refractivity contribution >= 4 is 21.8 Å². The lowest BCUT2D eigenvalue weighted by atomic mass is 10.1. The molecule has 3 N–H and O–H groups in total. The van der Waals surface area contributed by atoms with Gasteiger partial charge in [0.1, 0.15) is 17.3 Å². The summed E-state index contributed by atoms with van der Waals surface area (Å²) in [5, 5.41) is 7.72. The molecule has 0 amide bonds. The van der Waals surface area contributed by atoms with Gasteiger partial charge in [-0.05, 0) is 51.0 Å². The zero-order chi connectivity index (χ0) is 15.7. The summed E-state index contributed by atoms with van der Waals surface area (Å²) in [5.74, 6) is 1.25. The first-order valence-electron chi connectivity index (χ1n) is 6.57. The van der Waals surface area contributed by atoms with Crippen molar-refractivity contribution in [2.24, 2.45) is 5.73 Å². The molecule has 2 rings (SSSR count). The predicted molar refractivity (Wildman–Crippen MR) is 88.4 cm³/mol. The van der Waals surface area contributed by atoms with Crippen LogP contribution in [0.25, 0.3) is 0 Å². The number of rotatable bonds is 3. The number of aromatic nitrogens is 1. The average molecular weight is 348 g/mol. The highest BCUT2D eigenvalue weighted by atomic mass is 79.9. The van der Waals surface area contributed by atoms with E-state index in [9.17, 15) is 0 Å². The number of halogens is 1. The van der Waals surface area contributed by atoms with Crippen molar-refractivity contribution in [2.75, 3.05) is 0 Å². The van der Waals surface area contributed by atoms with E-state index < -0.39 is 0 Å². The Morgan fingerprint density at radius 2 is 1.71 bits per heavy atom. The Bertz CT molecular complexity index is 703. The molecule has 110 valence electrons. The zero-order valence-electron chi connectivity index (χ0n) is 12.5. The number of nitrogens with one attached hydrogen (secondary N) is 1. The van der Waals surface area contributed by atoms with E-state index in [1.165, 1.54) is 0 Å². The number of hydrogen-bond donors (Lipinski definition) is 2. The number of nitrogens with zero attached hydrogens (tertiary/aromatic N) is 1. The smallest absolute Gasteiger partial charge is 0.141 e. The minimum atomic E-state index is -0.0412. The fourth-order valence-corrected chi connectivity index (χ4v) is 2.52. The van der Waals surface area contributed by atoms with Gasteiger partial charge in [0.25, 0.3) is 0 Å². The summed E-state index contributed by atoms with van der Waals surface area (Å²) in [6.45, 7) is 7.74. The SMILES string of the molecule is Cc1cc(Oc2cc(C)c(Br)c(C)c2)c(C(=N)N)c(C)n1. The quantitative estimate of drug-likeness (QED) is 0.646. The summed E-state index contributed by atoms with van der Waals surface area (Å²) in [5.41, 5.74) is 9.92. The Kier molecular flexibility index (Phi) is 4.32. The van der Waals surface area contributed by atoms with Crippen LogP contribution in [0.3, 0.4) is 0 Å². The number of nitrogens with two attached hydrogens (primary N) is 1. The van der Waals surface area contributed by atoms with Crippen LogP contribution in [-0.2, 0) is 0 Å². The molecule has 1 aromatic carbocycles. The zero-order valence-corrected chi connectivity index (χ0v) is 14.1. The number of nitrogen functional groups attached to an aromatic ring is 1. The molecule has 0 atom stereocenters. The van der Waals surface area contributed by atoms with E-state index >= 15 is 0 Å². The van der Waals surface area contributed by atoms with Gasteiger partial charge in [0.15, 0.2) is 0 Å². The molecule has 0 saturated heterocycles. The lowest BCUT2D eigenvalue weighted by molar-refractivity contribution is 0.478. The van der Waals surface area contributed by atoms with Gasteiger partial charge in [-0.2, -0.15) is 0 Å². The minimum Gasteiger partial charge on any atom is -0.456 e. The largest absolute Gasteiger partial charge is 0.456 e. The van der Waals surface area contributed by atoms with E-state index in [2.05, 4.69) is 20.9 Å². The van der Waals surface area contributed by atoms with Crippen molar-refractivity contribution in [3.05, 3.63) is 50.8 Å². The van der Waals surface area contributed by atoms with Gasteiger partial charge in [-0.1, -0.05) is 15.9 Å². The van der Waals surface area contributed by atoms with Crippen LogP contribution in [0.1, 0.15) is 28.1 Å². The number of ether oxygens (including phenoxy) is 1. The Morgan fingerprint density at radius 3 is 2.24 bits per heavy atom. The molecule has 2 aromatic rings. The highest BCUT2D eigenvalue weighted by molar-refractivity contribution is 9.10. The van der Waals surface area contributed by atoms with E-state index in [-0.39, 0.29) is 5.84 Å². The lowest BCUT2D eigenvalue weighted by Crippen LogP contribution is -2.15. The third kappa shape index (κ3) is 3.24. The van der Waals surface area contributed by atoms with E-state index in [1.54, 1.807) is 6.07 Å². The Hall–Kier alpha value is -1.88. The van der Waals surface area contributed by atoms with Crippen LogP contribution in [0.4, 0.5) is 0 Å². The second-order valence-electron chi connectivity index (χ2n) is 5.11. The van der Waals surface area contributed by atoms with Gasteiger partial charge in [-0.15, -0.1) is 0 Å². The summed E-state index contributed by atoms with van der Waals surface area (Å²) in [6, 6.07) is 5.70. The van der Waals surface area contributed by atoms with Crippen LogP contribution in [-0.4, -0.2) is 10.8 Å². The predicted octanol–water partition coefficient (Wildman–Crippen LogP) is 4.15. The fraction of sp³-hybridized carbons (Fsp3) is 0.250. The topological polar surface area (TPSA) is 72.0 Å². The molecule has 0 unspecified atom stereocenters. The molecular weight excluding hydrogens is 330 g/mol. The van der Waals surface area contributed by atoms with Gasteiger partial charge in [0.05, 0.1) is 11.3 Å². The molecular formula is C16H18BrN3O. The molecule has 0 bridgehead atoms. The van der Waals surface area contributed by atoms with Crippen LogP contribution >= 0.6 is 15.9 Å². The maximum absolute atomic E-state index is 7.72. The first kappa shape index (κ1) is 15.5. The summed E-state index contributed by atoms with van der Waals surface area (Å²) < 4.78 is 7.04. The maximum Gasteiger partial charge on any atom is 0.141 e. The molecule has 1 heterocycles. The molecule has 0 aliphatic rings. The second kappa shape index (κ2) is 5.85. The number of benzene rings is 1. The summed E-state index contributed by atoms with van der Waals surface area (Å²) in [4.78, 5) is 4.34. The van der Waals surface area contributed by atoms with Crippen molar-refractivity contribution in [3.63, 3.8) is 0 Å². The van der Waals surface area contributed by atoms with Crippen molar-refractivity contribution in [1.82, 2.24) is 4.98 Å². The molecule has 0 spiro atoms. The summed E-state index contributed by atoms with van der Waals surface area (Å²) >= 11 is 3.54. The van der Waals surface area contributed by atoms with E-state index in [0.29, 0.717) is 17.0 Å². The number of pyridine rings is 1. The van der Waals surface area contributed by atoms with Crippen molar-refractivity contribution in [1.29, 1.82) is 5.41 Å². The molecule has 0 fully saturated rings. The van der Waals surface area contributed by atoms with Gasteiger partial charge in [-0.3, -0.25) is 10.4 Å². The Balaban J connectivity index is 2.51. The first-order chi connectivity index (χ1) is 9.79. The molecule has 0 aliphatic carbocycles. The maximum atomic E-state index is 7.72. The standard InChI is InChI=1S/C16H18BrN3O/c1-8-5-12(6-9(2)15(8)17)21-13-7-10(3)20-11(4)14(13)16(18)19/h5-7H,1-4H3,(H3,18,19). The molecule has 0 radical (unpaired) electrons. The monoisotopic (exact) mass is 347 g/mol. The third-order valence-corrected chi connectivity index (χ3v) is 4.45. The second-order valence-corrected chi connectivity index (χ2v) is 5.90. The van der Waals surface area contributed by atoms with Crippen LogP contribution in [0.2, 0.25) is 0 Å². The van der Waals surface area contributed by atoms with Gasteiger partial charge in [-0.25, -0.2) is 0 Å². The van der Waals surface area contributed by atoms with Gasteiger partial charge in [0.2, 0.25) is 0 Å². The molecule has 0 aliphatic heterocycles. The number of hydrogen-bond acceptors (Lipinski definition) is 3. The normalized spacial score (nSPS) is 10.5.